The molecule has 0 bridgehead atoms. The number of nitrogens with zero attached hydrogens (tertiary/aromatic N) is 2. The van der Waals surface area contributed by atoms with Gasteiger partial charge in [0.25, 0.3) is 0 Å². The average Bonchev–Trinajstić information content (AvgIpc) is 2.84. The van der Waals surface area contributed by atoms with E-state index in [0.717, 1.165) is 16.8 Å². The van der Waals surface area contributed by atoms with Gasteiger partial charge in [0.1, 0.15) is 6.04 Å². The molecule has 3 rings (SSSR count). The van der Waals surface area contributed by atoms with Crippen molar-refractivity contribution >= 4 is 40.7 Å². The van der Waals surface area contributed by atoms with Crippen LogP contribution in [0.15, 0.2) is 42.5 Å². The zero-order valence-electron chi connectivity index (χ0n) is 20.2. The fourth-order valence-electron chi connectivity index (χ4n) is 4.28. The van der Waals surface area contributed by atoms with Crippen molar-refractivity contribution in [2.24, 2.45) is 11.7 Å². The lowest BCUT2D eigenvalue weighted by atomic mass is 9.97. The normalized spacial score (nSPS) is 15.7. The highest BCUT2D eigenvalue weighted by Gasteiger charge is 2.30. The number of halogens is 2. The van der Waals surface area contributed by atoms with Crippen LogP contribution in [0.25, 0.3) is 0 Å². The fourth-order valence-corrected chi connectivity index (χ4v) is 4.76. The van der Waals surface area contributed by atoms with Crippen molar-refractivity contribution in [3.8, 4) is 0 Å². The van der Waals surface area contributed by atoms with Crippen molar-refractivity contribution in [3.05, 3.63) is 63.6 Å². The summed E-state index contributed by atoms with van der Waals surface area (Å²) in [7, 11) is 0. The molecule has 0 aliphatic carbocycles. The molecule has 2 atom stereocenters. The van der Waals surface area contributed by atoms with Gasteiger partial charge in [-0.05, 0) is 29.7 Å². The number of nitrogens with two attached hydrogens (primary N) is 1. The Kier molecular flexibility index (Phi) is 9.80. The summed E-state index contributed by atoms with van der Waals surface area (Å²) in [4.78, 5) is 29.8. The molecule has 0 aromatic heterocycles. The second-order valence-corrected chi connectivity index (χ2v) is 10.0. The van der Waals surface area contributed by atoms with Gasteiger partial charge in [-0.15, -0.1) is 0 Å². The van der Waals surface area contributed by atoms with E-state index in [-0.39, 0.29) is 37.1 Å². The van der Waals surface area contributed by atoms with E-state index in [1.807, 2.05) is 38.1 Å². The van der Waals surface area contributed by atoms with Gasteiger partial charge in [0.05, 0.1) is 6.10 Å². The number of hydrogen-bond donors (Lipinski definition) is 3. The average molecular weight is 521 g/mol. The Bertz CT molecular complexity index is 1030. The smallest absolute Gasteiger partial charge is 0.245 e. The first-order valence-electron chi connectivity index (χ1n) is 11.9. The van der Waals surface area contributed by atoms with Gasteiger partial charge in [0.15, 0.2) is 0 Å². The van der Waals surface area contributed by atoms with Crippen LogP contribution in [0, 0.1) is 5.92 Å². The number of carbonyl (C=O) groups is 2. The predicted molar refractivity (Wildman–Crippen MR) is 141 cm³/mol. The van der Waals surface area contributed by atoms with Crippen LogP contribution >= 0.6 is 23.2 Å². The Balaban J connectivity index is 1.72. The molecular formula is C26H34Cl2N4O3. The first kappa shape index (κ1) is 27.3. The van der Waals surface area contributed by atoms with E-state index in [9.17, 15) is 14.7 Å². The molecule has 2 aromatic rings. The number of hydrogen-bond acceptors (Lipinski definition) is 5. The number of aliphatic hydroxyl groups is 1. The van der Waals surface area contributed by atoms with Crippen LogP contribution in [-0.4, -0.2) is 60.6 Å². The molecule has 35 heavy (non-hydrogen) atoms. The molecule has 1 heterocycles. The lowest BCUT2D eigenvalue weighted by Crippen LogP contribution is -2.56. The van der Waals surface area contributed by atoms with Crippen LogP contribution in [0.4, 0.5) is 5.69 Å². The lowest BCUT2D eigenvalue weighted by Gasteiger charge is -2.39. The third kappa shape index (κ3) is 7.10. The number of anilines is 1. The summed E-state index contributed by atoms with van der Waals surface area (Å²) >= 11 is 12.4. The van der Waals surface area contributed by atoms with Gasteiger partial charge in [-0.1, -0.05) is 61.3 Å². The van der Waals surface area contributed by atoms with Crippen LogP contribution in [0.2, 0.25) is 10.0 Å². The fraction of sp³-hybridized carbons (Fsp3) is 0.462. The van der Waals surface area contributed by atoms with Crippen molar-refractivity contribution in [2.45, 2.75) is 38.8 Å². The quantitative estimate of drug-likeness (QED) is 0.470. The molecule has 1 aliphatic heterocycles. The molecule has 2 aromatic carbocycles. The molecule has 190 valence electrons. The van der Waals surface area contributed by atoms with Gasteiger partial charge < -0.3 is 26.0 Å². The summed E-state index contributed by atoms with van der Waals surface area (Å²) < 4.78 is 0. The highest BCUT2D eigenvalue weighted by Crippen LogP contribution is 2.31. The minimum Gasteiger partial charge on any atom is -0.388 e. The molecule has 1 aliphatic rings. The molecule has 4 N–H and O–H groups in total. The predicted octanol–water partition coefficient (Wildman–Crippen LogP) is 3.41. The maximum absolute atomic E-state index is 13.5. The minimum absolute atomic E-state index is 0.0941. The number of para-hydroxylation sites is 1. The van der Waals surface area contributed by atoms with Crippen LogP contribution < -0.4 is 16.0 Å². The van der Waals surface area contributed by atoms with Crippen molar-refractivity contribution in [1.82, 2.24) is 10.2 Å². The molecule has 7 nitrogen and oxygen atoms in total. The van der Waals surface area contributed by atoms with E-state index in [2.05, 4.69) is 10.2 Å². The summed E-state index contributed by atoms with van der Waals surface area (Å²) in [5, 5.41) is 14.5. The maximum Gasteiger partial charge on any atom is 0.245 e. The van der Waals surface area contributed by atoms with Crippen LogP contribution in [0.1, 0.15) is 37.5 Å². The Hall–Kier alpha value is -2.32. The van der Waals surface area contributed by atoms with E-state index in [4.69, 9.17) is 28.9 Å². The molecule has 1 unspecified atom stereocenters. The van der Waals surface area contributed by atoms with E-state index in [0.29, 0.717) is 36.2 Å². The highest BCUT2D eigenvalue weighted by molar-refractivity contribution is 6.35. The molecule has 1 fully saturated rings. The van der Waals surface area contributed by atoms with Gasteiger partial charge in [-0.3, -0.25) is 9.59 Å². The molecule has 0 radical (unpaired) electrons. The van der Waals surface area contributed by atoms with Crippen molar-refractivity contribution in [2.75, 3.05) is 37.6 Å². The zero-order valence-corrected chi connectivity index (χ0v) is 21.7. The van der Waals surface area contributed by atoms with Gasteiger partial charge in [-0.25, -0.2) is 0 Å². The summed E-state index contributed by atoms with van der Waals surface area (Å²) in [6.07, 6.45) is -0.160. The Morgan fingerprint density at radius 3 is 2.40 bits per heavy atom. The minimum atomic E-state index is -0.755. The summed E-state index contributed by atoms with van der Waals surface area (Å²) in [6, 6.07) is 12.2. The summed E-state index contributed by atoms with van der Waals surface area (Å²) in [5.41, 5.74) is 8.14. The van der Waals surface area contributed by atoms with E-state index < -0.39 is 12.1 Å². The van der Waals surface area contributed by atoms with Gasteiger partial charge >= 0.3 is 0 Å². The third-order valence-electron chi connectivity index (χ3n) is 6.26. The molecule has 9 heteroatoms. The second kappa shape index (κ2) is 12.6. The zero-order chi connectivity index (χ0) is 25.5. The van der Waals surface area contributed by atoms with Crippen LogP contribution in [0.3, 0.4) is 0 Å². The van der Waals surface area contributed by atoms with Crippen LogP contribution in [0.5, 0.6) is 0 Å². The monoisotopic (exact) mass is 520 g/mol. The number of aliphatic hydroxyl groups excluding tert-OH is 1. The van der Waals surface area contributed by atoms with Gasteiger partial charge in [0.2, 0.25) is 11.8 Å². The molecule has 0 spiro atoms. The summed E-state index contributed by atoms with van der Waals surface area (Å²) in [6.45, 7) is 6.44. The number of benzene rings is 2. The van der Waals surface area contributed by atoms with Crippen molar-refractivity contribution in [3.63, 3.8) is 0 Å². The first-order valence-corrected chi connectivity index (χ1v) is 12.7. The molecule has 2 amide bonds. The Labute approximate surface area is 217 Å². The van der Waals surface area contributed by atoms with E-state index in [1.165, 1.54) is 0 Å². The number of nitrogens with one attached hydrogen (secondary N) is 1. The Morgan fingerprint density at radius 2 is 1.77 bits per heavy atom. The highest BCUT2D eigenvalue weighted by atomic mass is 35.5. The third-order valence-corrected chi connectivity index (χ3v) is 6.85. The topological polar surface area (TPSA) is 98.9 Å². The SMILES string of the molecule is CC(C)C(O)c1ccccc1N1CCN(C(=O)[C@@H](Cc2ccc(Cl)cc2Cl)NC(=O)CCN)CC1. The standard InChI is InChI=1S/C26H34Cl2N4O3/c1-17(2)25(34)20-5-3-4-6-23(20)31-11-13-32(14-12-31)26(35)22(30-24(33)9-10-29)15-18-7-8-19(27)16-21(18)28/h3-8,16-17,22,25,34H,9-15,29H2,1-2H3,(H,30,33)/t22-,25?/m1/s1. The van der Waals surface area contributed by atoms with Crippen molar-refractivity contribution in [1.29, 1.82) is 0 Å². The first-order chi connectivity index (χ1) is 16.7. The largest absolute Gasteiger partial charge is 0.388 e. The number of rotatable bonds is 9. The molecular weight excluding hydrogens is 487 g/mol. The lowest BCUT2D eigenvalue weighted by molar-refractivity contribution is -0.136. The van der Waals surface area contributed by atoms with E-state index >= 15 is 0 Å². The van der Waals surface area contributed by atoms with Gasteiger partial charge in [0, 0.05) is 66.9 Å². The Morgan fingerprint density at radius 1 is 1.09 bits per heavy atom. The van der Waals surface area contributed by atoms with Crippen molar-refractivity contribution < 1.29 is 14.7 Å². The number of carbonyl (C=O) groups excluding carboxylic acids is 2. The number of amides is 2. The van der Waals surface area contributed by atoms with E-state index in [1.54, 1.807) is 23.1 Å². The summed E-state index contributed by atoms with van der Waals surface area (Å²) in [5.74, 6) is -0.334. The van der Waals surface area contributed by atoms with Crippen LogP contribution in [-0.2, 0) is 16.0 Å². The molecule has 1 saturated heterocycles. The second-order valence-electron chi connectivity index (χ2n) is 9.16. The maximum atomic E-state index is 13.5. The van der Waals surface area contributed by atoms with Gasteiger partial charge in [-0.2, -0.15) is 0 Å². The number of piperazine rings is 1. The molecule has 0 saturated carbocycles.